The number of aromatic amines is 1. The number of H-pyrrole nitrogens is 1. The first kappa shape index (κ1) is 17.8. The van der Waals surface area contributed by atoms with Crippen LogP contribution >= 0.6 is 0 Å². The van der Waals surface area contributed by atoms with Crippen LogP contribution in [-0.2, 0) is 17.6 Å². The molecule has 0 fully saturated rings. The Hall–Kier alpha value is -3.02. The molecule has 0 radical (unpaired) electrons. The smallest absolute Gasteiger partial charge is 0.306 e. The van der Waals surface area contributed by atoms with E-state index in [4.69, 9.17) is 0 Å². The number of carboxylic acids is 1. The van der Waals surface area contributed by atoms with Crippen molar-refractivity contribution in [3.63, 3.8) is 0 Å². The highest BCUT2D eigenvalue weighted by Gasteiger charge is 2.17. The molecule has 0 bridgehead atoms. The van der Waals surface area contributed by atoms with Crippen molar-refractivity contribution in [1.82, 2.24) is 20.6 Å². The molecular formula is C20H22N4O2. The number of hydrogen-bond acceptors (Lipinski definition) is 4. The van der Waals surface area contributed by atoms with Crippen LogP contribution in [0.15, 0.2) is 54.6 Å². The Morgan fingerprint density at radius 2 is 1.69 bits per heavy atom. The fourth-order valence-electron chi connectivity index (χ4n) is 3.04. The summed E-state index contributed by atoms with van der Waals surface area (Å²) < 4.78 is 0. The minimum atomic E-state index is -0.706. The number of carboxylic acid groups (broad SMARTS) is 1. The van der Waals surface area contributed by atoms with Gasteiger partial charge in [0, 0.05) is 5.56 Å². The standard InChI is InChI=1S/C20H22N4O2/c25-20(26)18(8-4-7-15-5-2-1-3-6-15)14-11-16-9-12-17(13-10-16)19-21-23-24-22-19/h1-3,5-6,9-10,12-13,18H,4,7-8,11,14H2,(H,25,26)(H,21,22,23,24). The molecule has 134 valence electrons. The molecule has 2 N–H and O–H groups in total. The van der Waals surface area contributed by atoms with E-state index in [1.165, 1.54) is 5.56 Å². The van der Waals surface area contributed by atoms with Gasteiger partial charge < -0.3 is 5.11 Å². The van der Waals surface area contributed by atoms with E-state index in [2.05, 4.69) is 32.8 Å². The SMILES string of the molecule is O=C(O)C(CCCc1ccccc1)CCc1ccc(-c2nnn[nH]2)cc1. The third-order valence-corrected chi connectivity index (χ3v) is 4.56. The Morgan fingerprint density at radius 3 is 2.35 bits per heavy atom. The number of benzene rings is 2. The summed E-state index contributed by atoms with van der Waals surface area (Å²) in [5.41, 5.74) is 3.29. The van der Waals surface area contributed by atoms with E-state index >= 15 is 0 Å². The van der Waals surface area contributed by atoms with Crippen molar-refractivity contribution in [2.45, 2.75) is 32.1 Å². The molecule has 1 aromatic heterocycles. The molecule has 26 heavy (non-hydrogen) atoms. The van der Waals surface area contributed by atoms with Crippen molar-refractivity contribution in [2.75, 3.05) is 0 Å². The minimum absolute atomic E-state index is 0.308. The molecule has 0 saturated carbocycles. The molecule has 0 aliphatic carbocycles. The Kier molecular flexibility index (Phi) is 6.09. The van der Waals surface area contributed by atoms with Gasteiger partial charge in [0.1, 0.15) is 0 Å². The van der Waals surface area contributed by atoms with Crippen LogP contribution in [-0.4, -0.2) is 31.7 Å². The number of rotatable bonds is 9. The van der Waals surface area contributed by atoms with Crippen molar-refractivity contribution in [2.24, 2.45) is 5.92 Å². The molecule has 0 aliphatic rings. The highest BCUT2D eigenvalue weighted by atomic mass is 16.4. The Bertz CT molecular complexity index is 802. The maximum absolute atomic E-state index is 11.5. The van der Waals surface area contributed by atoms with E-state index in [1.807, 2.05) is 42.5 Å². The summed E-state index contributed by atoms with van der Waals surface area (Å²) in [5.74, 6) is -0.389. The summed E-state index contributed by atoms with van der Waals surface area (Å²) >= 11 is 0. The quantitative estimate of drug-likeness (QED) is 0.616. The van der Waals surface area contributed by atoms with Crippen LogP contribution in [0.3, 0.4) is 0 Å². The molecule has 0 amide bonds. The van der Waals surface area contributed by atoms with Crippen molar-refractivity contribution in [1.29, 1.82) is 0 Å². The molecule has 1 unspecified atom stereocenters. The van der Waals surface area contributed by atoms with Crippen molar-refractivity contribution >= 4 is 5.97 Å². The van der Waals surface area contributed by atoms with Gasteiger partial charge in [-0.25, -0.2) is 5.10 Å². The summed E-state index contributed by atoms with van der Waals surface area (Å²) in [4.78, 5) is 11.5. The average molecular weight is 350 g/mol. The van der Waals surface area contributed by atoms with Gasteiger partial charge in [-0.2, -0.15) is 0 Å². The number of aryl methyl sites for hydroxylation is 2. The Morgan fingerprint density at radius 1 is 0.962 bits per heavy atom. The first-order valence-electron chi connectivity index (χ1n) is 8.82. The van der Waals surface area contributed by atoms with Gasteiger partial charge in [0.15, 0.2) is 5.82 Å². The molecule has 0 spiro atoms. The van der Waals surface area contributed by atoms with Gasteiger partial charge in [0.25, 0.3) is 0 Å². The molecule has 6 heteroatoms. The molecular weight excluding hydrogens is 328 g/mol. The number of aromatic nitrogens is 4. The van der Waals surface area contributed by atoms with Crippen molar-refractivity contribution in [3.05, 3.63) is 65.7 Å². The number of nitrogens with zero attached hydrogens (tertiary/aromatic N) is 3. The number of nitrogens with one attached hydrogen (secondary N) is 1. The van der Waals surface area contributed by atoms with Crippen molar-refractivity contribution in [3.8, 4) is 11.4 Å². The van der Waals surface area contributed by atoms with Crippen LogP contribution in [0.5, 0.6) is 0 Å². The molecule has 1 heterocycles. The lowest BCUT2D eigenvalue weighted by molar-refractivity contribution is -0.142. The first-order chi connectivity index (χ1) is 12.7. The van der Waals surface area contributed by atoms with Gasteiger partial charge in [0.2, 0.25) is 0 Å². The number of tetrazole rings is 1. The van der Waals surface area contributed by atoms with Gasteiger partial charge in [0.05, 0.1) is 5.92 Å². The summed E-state index contributed by atoms with van der Waals surface area (Å²) in [5, 5.41) is 23.2. The third-order valence-electron chi connectivity index (χ3n) is 4.56. The molecule has 1 atom stereocenters. The van der Waals surface area contributed by atoms with Crippen LogP contribution < -0.4 is 0 Å². The van der Waals surface area contributed by atoms with Crippen molar-refractivity contribution < 1.29 is 9.90 Å². The number of aliphatic carboxylic acids is 1. The summed E-state index contributed by atoms with van der Waals surface area (Å²) in [7, 11) is 0. The zero-order valence-corrected chi connectivity index (χ0v) is 14.5. The lowest BCUT2D eigenvalue weighted by Gasteiger charge is -2.12. The van der Waals surface area contributed by atoms with E-state index in [1.54, 1.807) is 0 Å². The molecule has 3 rings (SSSR count). The second kappa shape index (κ2) is 8.89. The highest BCUT2D eigenvalue weighted by Crippen LogP contribution is 2.19. The van der Waals surface area contributed by atoms with Crippen LogP contribution in [0.2, 0.25) is 0 Å². The lowest BCUT2D eigenvalue weighted by atomic mass is 9.93. The second-order valence-electron chi connectivity index (χ2n) is 6.40. The predicted molar refractivity (Wildman–Crippen MR) is 98.4 cm³/mol. The van der Waals surface area contributed by atoms with Gasteiger partial charge >= 0.3 is 5.97 Å². The van der Waals surface area contributed by atoms with E-state index in [9.17, 15) is 9.90 Å². The highest BCUT2D eigenvalue weighted by molar-refractivity contribution is 5.69. The average Bonchev–Trinajstić information content (AvgIpc) is 3.20. The van der Waals surface area contributed by atoms with Gasteiger partial charge in [-0.1, -0.05) is 54.6 Å². The fraction of sp³-hybridized carbons (Fsp3) is 0.300. The maximum Gasteiger partial charge on any atom is 0.306 e. The Balaban J connectivity index is 1.49. The normalized spacial score (nSPS) is 12.0. The van der Waals surface area contributed by atoms with Gasteiger partial charge in [-0.15, -0.1) is 5.10 Å². The van der Waals surface area contributed by atoms with Crippen LogP contribution in [0.4, 0.5) is 0 Å². The zero-order valence-electron chi connectivity index (χ0n) is 14.5. The summed E-state index contributed by atoms with van der Waals surface area (Å²) in [6, 6.07) is 18.1. The van der Waals surface area contributed by atoms with Gasteiger partial charge in [-0.3, -0.25) is 4.79 Å². The maximum atomic E-state index is 11.5. The zero-order chi connectivity index (χ0) is 18.2. The van der Waals surface area contributed by atoms with Gasteiger partial charge in [-0.05, 0) is 53.7 Å². The molecule has 0 saturated heterocycles. The monoisotopic (exact) mass is 350 g/mol. The molecule has 0 aliphatic heterocycles. The number of hydrogen-bond donors (Lipinski definition) is 2. The third kappa shape index (κ3) is 4.99. The number of carbonyl (C=O) groups is 1. The van der Waals surface area contributed by atoms with E-state index in [0.717, 1.165) is 30.4 Å². The topological polar surface area (TPSA) is 91.8 Å². The second-order valence-corrected chi connectivity index (χ2v) is 6.40. The largest absolute Gasteiger partial charge is 0.481 e. The minimum Gasteiger partial charge on any atom is -0.481 e. The van der Waals surface area contributed by atoms with E-state index < -0.39 is 5.97 Å². The summed E-state index contributed by atoms with van der Waals surface area (Å²) in [6.45, 7) is 0. The lowest BCUT2D eigenvalue weighted by Crippen LogP contribution is -2.15. The predicted octanol–water partition coefficient (Wildman–Crippen LogP) is 3.52. The molecule has 3 aromatic rings. The van der Waals surface area contributed by atoms with Crippen LogP contribution in [0.1, 0.15) is 30.4 Å². The molecule has 2 aromatic carbocycles. The molecule has 6 nitrogen and oxygen atoms in total. The fourth-order valence-corrected chi connectivity index (χ4v) is 3.04. The summed E-state index contributed by atoms with van der Waals surface area (Å²) in [6.07, 6.45) is 3.90. The van der Waals surface area contributed by atoms with E-state index in [0.29, 0.717) is 18.7 Å². The van der Waals surface area contributed by atoms with Crippen LogP contribution in [0.25, 0.3) is 11.4 Å². The Labute approximate surface area is 152 Å². The van der Waals surface area contributed by atoms with Crippen LogP contribution in [0, 0.1) is 5.92 Å². The van der Waals surface area contributed by atoms with E-state index in [-0.39, 0.29) is 5.92 Å². The first-order valence-corrected chi connectivity index (χ1v) is 8.82.